The third-order valence-corrected chi connectivity index (χ3v) is 4.34. The molecule has 3 heteroatoms. The molecule has 1 aromatic rings. The SMILES string of the molecule is CCCNCCC1=CCC(C)C(c2c(OC)cccc2OC)=C1. The van der Waals surface area contributed by atoms with Crippen LogP contribution in [0, 0.1) is 5.92 Å². The first-order valence-electron chi connectivity index (χ1n) is 8.54. The van der Waals surface area contributed by atoms with E-state index in [-0.39, 0.29) is 0 Å². The summed E-state index contributed by atoms with van der Waals surface area (Å²) in [5.74, 6) is 2.23. The van der Waals surface area contributed by atoms with Crippen molar-refractivity contribution in [1.29, 1.82) is 0 Å². The van der Waals surface area contributed by atoms with Crippen LogP contribution in [0.25, 0.3) is 5.57 Å². The molecule has 23 heavy (non-hydrogen) atoms. The van der Waals surface area contributed by atoms with Gasteiger partial charge >= 0.3 is 0 Å². The van der Waals surface area contributed by atoms with Crippen molar-refractivity contribution in [2.24, 2.45) is 5.92 Å². The summed E-state index contributed by atoms with van der Waals surface area (Å²) in [5.41, 5.74) is 3.80. The topological polar surface area (TPSA) is 30.5 Å². The lowest BCUT2D eigenvalue weighted by molar-refractivity contribution is 0.391. The highest BCUT2D eigenvalue weighted by Gasteiger charge is 2.21. The fraction of sp³-hybridized carbons (Fsp3) is 0.500. The van der Waals surface area contributed by atoms with Crippen molar-refractivity contribution in [2.45, 2.75) is 33.1 Å². The van der Waals surface area contributed by atoms with Crippen LogP contribution in [0.2, 0.25) is 0 Å². The van der Waals surface area contributed by atoms with Gasteiger partial charge < -0.3 is 14.8 Å². The molecule has 1 N–H and O–H groups in total. The van der Waals surface area contributed by atoms with Crippen molar-refractivity contribution in [2.75, 3.05) is 27.3 Å². The number of methoxy groups -OCH3 is 2. The molecule has 126 valence electrons. The van der Waals surface area contributed by atoms with E-state index < -0.39 is 0 Å². The van der Waals surface area contributed by atoms with E-state index in [1.54, 1.807) is 14.2 Å². The second-order valence-electron chi connectivity index (χ2n) is 6.05. The van der Waals surface area contributed by atoms with Gasteiger partial charge in [0.1, 0.15) is 11.5 Å². The molecule has 0 aromatic heterocycles. The molecule has 1 atom stereocenters. The van der Waals surface area contributed by atoms with Crippen LogP contribution in [0.15, 0.2) is 35.9 Å². The Morgan fingerprint density at radius 2 is 1.83 bits per heavy atom. The average molecular weight is 315 g/mol. The second kappa shape index (κ2) is 8.78. The van der Waals surface area contributed by atoms with E-state index in [0.29, 0.717) is 5.92 Å². The lowest BCUT2D eigenvalue weighted by Gasteiger charge is -2.24. The molecule has 1 aliphatic rings. The highest BCUT2D eigenvalue weighted by atomic mass is 16.5. The summed E-state index contributed by atoms with van der Waals surface area (Å²) in [7, 11) is 3.44. The minimum Gasteiger partial charge on any atom is -0.496 e. The van der Waals surface area contributed by atoms with Crippen molar-refractivity contribution in [1.82, 2.24) is 5.32 Å². The third-order valence-electron chi connectivity index (χ3n) is 4.34. The van der Waals surface area contributed by atoms with Gasteiger partial charge in [-0.15, -0.1) is 0 Å². The van der Waals surface area contributed by atoms with E-state index in [1.165, 1.54) is 17.6 Å². The van der Waals surface area contributed by atoms with Gasteiger partial charge in [-0.25, -0.2) is 0 Å². The number of allylic oxidation sites excluding steroid dienone is 3. The van der Waals surface area contributed by atoms with Crippen molar-refractivity contribution in [3.8, 4) is 11.5 Å². The molecule has 0 saturated heterocycles. The minimum atomic E-state index is 0.465. The van der Waals surface area contributed by atoms with Crippen molar-refractivity contribution < 1.29 is 9.47 Å². The van der Waals surface area contributed by atoms with Gasteiger partial charge in [0.05, 0.1) is 19.8 Å². The van der Waals surface area contributed by atoms with Crippen molar-refractivity contribution in [3.63, 3.8) is 0 Å². The quantitative estimate of drug-likeness (QED) is 0.719. The van der Waals surface area contributed by atoms with Gasteiger partial charge in [-0.05, 0) is 56.0 Å². The summed E-state index contributed by atoms with van der Waals surface area (Å²) in [6.07, 6.45) is 7.99. The number of benzene rings is 1. The van der Waals surface area contributed by atoms with Gasteiger partial charge in [-0.1, -0.05) is 37.6 Å². The molecule has 0 aliphatic heterocycles. The van der Waals surface area contributed by atoms with Gasteiger partial charge in [0.2, 0.25) is 0 Å². The van der Waals surface area contributed by atoms with E-state index >= 15 is 0 Å². The number of rotatable bonds is 8. The second-order valence-corrected chi connectivity index (χ2v) is 6.05. The summed E-state index contributed by atoms with van der Waals surface area (Å²) < 4.78 is 11.2. The number of ether oxygens (including phenoxy) is 2. The standard InChI is InChI=1S/C20H29NO2/c1-5-12-21-13-11-16-10-9-15(2)17(14-16)20-18(22-3)7-6-8-19(20)23-4/h6-8,10,14-15,21H,5,9,11-13H2,1-4H3. The smallest absolute Gasteiger partial charge is 0.130 e. The molecule has 1 aromatic carbocycles. The van der Waals surface area contributed by atoms with Crippen LogP contribution < -0.4 is 14.8 Å². The third kappa shape index (κ3) is 4.38. The first-order valence-corrected chi connectivity index (χ1v) is 8.54. The zero-order valence-electron chi connectivity index (χ0n) is 14.8. The average Bonchev–Trinajstić information content (AvgIpc) is 2.59. The van der Waals surface area contributed by atoms with Crippen LogP contribution in [0.5, 0.6) is 11.5 Å². The zero-order valence-corrected chi connectivity index (χ0v) is 14.8. The van der Waals surface area contributed by atoms with Crippen LogP contribution in [0.1, 0.15) is 38.7 Å². The fourth-order valence-electron chi connectivity index (χ4n) is 3.02. The molecule has 0 saturated carbocycles. The van der Waals surface area contributed by atoms with Gasteiger partial charge in [0.25, 0.3) is 0 Å². The monoisotopic (exact) mass is 315 g/mol. The van der Waals surface area contributed by atoms with Crippen molar-refractivity contribution in [3.05, 3.63) is 41.5 Å². The Hall–Kier alpha value is -1.74. The lowest BCUT2D eigenvalue weighted by Crippen LogP contribution is -2.17. The van der Waals surface area contributed by atoms with Gasteiger partial charge in [-0.2, -0.15) is 0 Å². The maximum absolute atomic E-state index is 5.59. The maximum Gasteiger partial charge on any atom is 0.130 e. The molecule has 1 unspecified atom stereocenters. The molecule has 0 heterocycles. The summed E-state index contributed by atoms with van der Waals surface area (Å²) >= 11 is 0. The molecular formula is C20H29NO2. The Kier molecular flexibility index (Phi) is 6.72. The van der Waals surface area contributed by atoms with E-state index in [9.17, 15) is 0 Å². The number of nitrogens with one attached hydrogen (secondary N) is 1. The van der Waals surface area contributed by atoms with E-state index in [4.69, 9.17) is 9.47 Å². The first kappa shape index (κ1) is 17.6. The van der Waals surface area contributed by atoms with Gasteiger partial charge in [-0.3, -0.25) is 0 Å². The minimum absolute atomic E-state index is 0.465. The number of hydrogen-bond donors (Lipinski definition) is 1. The summed E-state index contributed by atoms with van der Waals surface area (Å²) in [5, 5.41) is 3.47. The Labute approximate surface area is 140 Å². The zero-order chi connectivity index (χ0) is 16.7. The van der Waals surface area contributed by atoms with Gasteiger partial charge in [0.15, 0.2) is 0 Å². The largest absolute Gasteiger partial charge is 0.496 e. The van der Waals surface area contributed by atoms with E-state index in [2.05, 4.69) is 31.3 Å². The molecule has 2 rings (SSSR count). The molecule has 3 nitrogen and oxygen atoms in total. The molecule has 0 spiro atoms. The van der Waals surface area contributed by atoms with Crippen LogP contribution in [0.3, 0.4) is 0 Å². The van der Waals surface area contributed by atoms with Crippen molar-refractivity contribution >= 4 is 5.57 Å². The molecule has 0 bridgehead atoms. The Bertz CT molecular complexity index is 553. The Balaban J connectivity index is 2.26. The fourth-order valence-corrected chi connectivity index (χ4v) is 3.02. The van der Waals surface area contributed by atoms with Crippen LogP contribution >= 0.6 is 0 Å². The maximum atomic E-state index is 5.59. The van der Waals surface area contributed by atoms with Crippen LogP contribution in [-0.4, -0.2) is 27.3 Å². The van der Waals surface area contributed by atoms with Gasteiger partial charge in [0, 0.05) is 0 Å². The molecule has 0 amide bonds. The highest BCUT2D eigenvalue weighted by Crippen LogP contribution is 2.41. The Morgan fingerprint density at radius 3 is 2.43 bits per heavy atom. The summed E-state index contributed by atoms with van der Waals surface area (Å²) in [6.45, 7) is 6.57. The molecule has 0 fully saturated rings. The molecule has 0 radical (unpaired) electrons. The molecular weight excluding hydrogens is 286 g/mol. The van der Waals surface area contributed by atoms with Crippen LogP contribution in [0.4, 0.5) is 0 Å². The highest BCUT2D eigenvalue weighted by molar-refractivity contribution is 5.79. The predicted octanol–water partition coefficient (Wildman–Crippen LogP) is 4.44. The summed E-state index contributed by atoms with van der Waals surface area (Å²) in [4.78, 5) is 0. The normalized spacial score (nSPS) is 17.5. The Morgan fingerprint density at radius 1 is 1.13 bits per heavy atom. The molecule has 1 aliphatic carbocycles. The summed E-state index contributed by atoms with van der Waals surface area (Å²) in [6, 6.07) is 5.99. The van der Waals surface area contributed by atoms with E-state index in [1.807, 2.05) is 18.2 Å². The number of hydrogen-bond acceptors (Lipinski definition) is 3. The van der Waals surface area contributed by atoms with Crippen LogP contribution in [-0.2, 0) is 0 Å². The predicted molar refractivity (Wildman–Crippen MR) is 97.2 cm³/mol. The lowest BCUT2D eigenvalue weighted by atomic mass is 9.84. The van der Waals surface area contributed by atoms with E-state index in [0.717, 1.165) is 43.0 Å². The first-order chi connectivity index (χ1) is 11.2.